The Morgan fingerprint density at radius 3 is 2.96 bits per heavy atom. The summed E-state index contributed by atoms with van der Waals surface area (Å²) in [6.45, 7) is 1.10. The average Bonchev–Trinajstić information content (AvgIpc) is 3.36. The molecule has 2 aromatic heterocycles. The third-order valence-electron chi connectivity index (χ3n) is 4.34. The Morgan fingerprint density at radius 1 is 1.41 bits per heavy atom. The Balaban J connectivity index is 1.72. The van der Waals surface area contributed by atoms with E-state index in [4.69, 9.17) is 4.74 Å². The second kappa shape index (κ2) is 6.95. The predicted molar refractivity (Wildman–Crippen MR) is 103 cm³/mol. The van der Waals surface area contributed by atoms with Crippen LogP contribution in [0.25, 0.3) is 11.0 Å². The molecule has 0 radical (unpaired) electrons. The quantitative estimate of drug-likeness (QED) is 0.674. The van der Waals surface area contributed by atoms with Crippen LogP contribution in [-0.4, -0.2) is 43.1 Å². The number of anilines is 1. The number of carbonyl (C=O) groups is 1. The molecule has 4 rings (SSSR count). The summed E-state index contributed by atoms with van der Waals surface area (Å²) in [5, 5.41) is 4.61. The fourth-order valence-electron chi connectivity index (χ4n) is 3.03. The summed E-state index contributed by atoms with van der Waals surface area (Å²) in [5.41, 5.74) is 1.80. The van der Waals surface area contributed by atoms with E-state index < -0.39 is 10.0 Å². The van der Waals surface area contributed by atoms with Gasteiger partial charge in [0.2, 0.25) is 0 Å². The van der Waals surface area contributed by atoms with E-state index in [2.05, 4.69) is 15.0 Å². The van der Waals surface area contributed by atoms with Crippen LogP contribution in [0, 0.1) is 0 Å². The number of ether oxygens (including phenoxy) is 1. The van der Waals surface area contributed by atoms with Gasteiger partial charge in [0.25, 0.3) is 15.9 Å². The molecule has 1 aliphatic heterocycles. The predicted octanol–water partition coefficient (Wildman–Crippen LogP) is 1.95. The number of benzene rings is 1. The van der Waals surface area contributed by atoms with Crippen LogP contribution in [0.15, 0.2) is 40.2 Å². The molecular formula is C17H18N4O4S2. The highest BCUT2D eigenvalue weighted by Crippen LogP contribution is 2.28. The summed E-state index contributed by atoms with van der Waals surface area (Å²) < 4.78 is 35.1. The van der Waals surface area contributed by atoms with Crippen molar-refractivity contribution in [2.24, 2.45) is 7.05 Å². The highest BCUT2D eigenvalue weighted by Gasteiger charge is 2.22. The monoisotopic (exact) mass is 406 g/mol. The number of sulfonamides is 1. The fraction of sp³-hybridized carbons (Fsp3) is 0.294. The lowest BCUT2D eigenvalue weighted by Gasteiger charge is -2.13. The van der Waals surface area contributed by atoms with E-state index in [0.717, 1.165) is 17.8 Å². The number of thiophene rings is 1. The van der Waals surface area contributed by atoms with Crippen molar-refractivity contribution in [3.63, 3.8) is 0 Å². The van der Waals surface area contributed by atoms with E-state index in [1.54, 1.807) is 41.5 Å². The summed E-state index contributed by atoms with van der Waals surface area (Å²) in [5.74, 6) is -0.283. The van der Waals surface area contributed by atoms with E-state index in [1.807, 2.05) is 0 Å². The van der Waals surface area contributed by atoms with Gasteiger partial charge in [0.1, 0.15) is 4.21 Å². The van der Waals surface area contributed by atoms with Crippen LogP contribution in [0.1, 0.15) is 16.8 Å². The molecule has 8 nitrogen and oxygen atoms in total. The standard InChI is InChI=1S/C17H18N4O4S2/c1-21-10-18-13-7-11(17(22)19-12-4-5-25-9-12)8-14(16(13)21)20-27(23,24)15-3-2-6-26-15/h2-3,6-8,10,12,20H,4-5,9H2,1H3,(H,19,22). The summed E-state index contributed by atoms with van der Waals surface area (Å²) in [7, 11) is -1.97. The highest BCUT2D eigenvalue weighted by atomic mass is 32.2. The number of hydrogen-bond acceptors (Lipinski definition) is 6. The van der Waals surface area contributed by atoms with E-state index in [-0.39, 0.29) is 16.2 Å². The van der Waals surface area contributed by atoms with Crippen LogP contribution in [0.2, 0.25) is 0 Å². The molecular weight excluding hydrogens is 388 g/mol. The number of carbonyl (C=O) groups excluding carboxylic acids is 1. The van der Waals surface area contributed by atoms with Crippen molar-refractivity contribution in [1.29, 1.82) is 0 Å². The number of aryl methyl sites for hydroxylation is 1. The van der Waals surface area contributed by atoms with Crippen LogP contribution < -0.4 is 10.0 Å². The largest absolute Gasteiger partial charge is 0.379 e. The molecule has 2 N–H and O–H groups in total. The molecule has 0 spiro atoms. The fourth-order valence-corrected chi connectivity index (χ4v) is 5.08. The first-order valence-electron chi connectivity index (χ1n) is 8.34. The Bertz CT molecular complexity index is 1080. The first-order valence-corrected chi connectivity index (χ1v) is 10.7. The molecule has 3 heterocycles. The normalized spacial score (nSPS) is 17.3. The minimum atomic E-state index is -3.75. The second-order valence-electron chi connectivity index (χ2n) is 6.32. The van der Waals surface area contributed by atoms with Crippen molar-refractivity contribution < 1.29 is 17.9 Å². The summed E-state index contributed by atoms with van der Waals surface area (Å²) in [6.07, 6.45) is 2.34. The molecule has 142 valence electrons. The molecule has 0 bridgehead atoms. The van der Waals surface area contributed by atoms with Crippen LogP contribution in [0.3, 0.4) is 0 Å². The Labute approximate surface area is 160 Å². The Kier molecular flexibility index (Phi) is 4.62. The molecule has 1 aromatic carbocycles. The van der Waals surface area contributed by atoms with Gasteiger partial charge in [0.15, 0.2) is 0 Å². The minimum absolute atomic E-state index is 0.0387. The number of amides is 1. The van der Waals surface area contributed by atoms with Gasteiger partial charge in [0, 0.05) is 19.2 Å². The molecule has 1 fully saturated rings. The maximum atomic E-state index is 12.7. The minimum Gasteiger partial charge on any atom is -0.379 e. The van der Waals surface area contributed by atoms with Gasteiger partial charge in [-0.3, -0.25) is 9.52 Å². The Hall–Kier alpha value is -2.43. The smallest absolute Gasteiger partial charge is 0.271 e. The molecule has 27 heavy (non-hydrogen) atoms. The zero-order chi connectivity index (χ0) is 19.0. The lowest BCUT2D eigenvalue weighted by Crippen LogP contribution is -2.35. The van der Waals surface area contributed by atoms with E-state index in [9.17, 15) is 13.2 Å². The van der Waals surface area contributed by atoms with Gasteiger partial charge in [-0.2, -0.15) is 0 Å². The van der Waals surface area contributed by atoms with Crippen molar-refractivity contribution in [2.75, 3.05) is 17.9 Å². The van der Waals surface area contributed by atoms with Crippen LogP contribution in [0.5, 0.6) is 0 Å². The molecule has 1 aliphatic rings. The number of fused-ring (bicyclic) bond motifs is 1. The van der Waals surface area contributed by atoms with Gasteiger partial charge >= 0.3 is 0 Å². The molecule has 10 heteroatoms. The molecule has 1 saturated heterocycles. The number of aromatic nitrogens is 2. The first kappa shape index (κ1) is 18.0. The van der Waals surface area contributed by atoms with Crippen molar-refractivity contribution in [2.45, 2.75) is 16.7 Å². The first-order chi connectivity index (χ1) is 12.9. The van der Waals surface area contributed by atoms with Gasteiger partial charge in [0.05, 0.1) is 35.7 Å². The number of nitrogens with zero attached hydrogens (tertiary/aromatic N) is 2. The number of rotatable bonds is 5. The Morgan fingerprint density at radius 2 is 2.26 bits per heavy atom. The number of hydrogen-bond donors (Lipinski definition) is 2. The van der Waals surface area contributed by atoms with Crippen molar-refractivity contribution in [3.8, 4) is 0 Å². The maximum absolute atomic E-state index is 12.7. The average molecular weight is 406 g/mol. The number of nitrogens with one attached hydrogen (secondary N) is 2. The van der Waals surface area contributed by atoms with Crippen molar-refractivity contribution in [3.05, 3.63) is 41.5 Å². The molecule has 3 aromatic rings. The van der Waals surface area contributed by atoms with Crippen LogP contribution in [0.4, 0.5) is 5.69 Å². The van der Waals surface area contributed by atoms with Crippen molar-refractivity contribution in [1.82, 2.24) is 14.9 Å². The van der Waals surface area contributed by atoms with Crippen LogP contribution >= 0.6 is 11.3 Å². The lowest BCUT2D eigenvalue weighted by molar-refractivity contribution is 0.0930. The molecule has 1 unspecified atom stereocenters. The SMILES string of the molecule is Cn1cnc2cc(C(=O)NC3CCOC3)cc(NS(=O)(=O)c3cccs3)c21. The van der Waals surface area contributed by atoms with E-state index in [0.29, 0.717) is 35.5 Å². The van der Waals surface area contributed by atoms with Gasteiger partial charge in [-0.25, -0.2) is 13.4 Å². The van der Waals surface area contributed by atoms with Gasteiger partial charge in [-0.05, 0) is 30.0 Å². The zero-order valence-corrected chi connectivity index (χ0v) is 16.1. The number of imidazole rings is 1. The van der Waals surface area contributed by atoms with Gasteiger partial charge in [-0.15, -0.1) is 11.3 Å². The lowest BCUT2D eigenvalue weighted by atomic mass is 10.1. The summed E-state index contributed by atoms with van der Waals surface area (Å²) >= 11 is 1.13. The van der Waals surface area contributed by atoms with Crippen molar-refractivity contribution >= 4 is 44.0 Å². The van der Waals surface area contributed by atoms with Crippen LogP contribution in [-0.2, 0) is 21.8 Å². The maximum Gasteiger partial charge on any atom is 0.271 e. The zero-order valence-electron chi connectivity index (χ0n) is 14.5. The summed E-state index contributed by atoms with van der Waals surface area (Å²) in [4.78, 5) is 16.9. The van der Waals surface area contributed by atoms with Gasteiger partial charge < -0.3 is 14.6 Å². The third kappa shape index (κ3) is 3.55. The molecule has 1 atom stereocenters. The van der Waals surface area contributed by atoms with E-state index in [1.165, 1.54) is 6.07 Å². The molecule has 0 aliphatic carbocycles. The third-order valence-corrected chi connectivity index (χ3v) is 7.11. The molecule has 0 saturated carbocycles. The highest BCUT2D eigenvalue weighted by molar-refractivity contribution is 7.94. The second-order valence-corrected chi connectivity index (χ2v) is 9.18. The van der Waals surface area contributed by atoms with Gasteiger partial charge in [-0.1, -0.05) is 6.07 Å². The summed E-state index contributed by atoms with van der Waals surface area (Å²) in [6, 6.07) is 6.36. The van der Waals surface area contributed by atoms with E-state index >= 15 is 0 Å². The topological polar surface area (TPSA) is 102 Å². The molecule has 1 amide bonds.